The minimum Gasteiger partial charge on any atom is -0.481 e. The topological polar surface area (TPSA) is 54.4 Å². The zero-order valence-corrected chi connectivity index (χ0v) is 10.6. The van der Waals surface area contributed by atoms with Gasteiger partial charge in [0, 0.05) is 12.0 Å². The molecule has 2 rings (SSSR count). The fraction of sp³-hybridized carbons (Fsp3) is 0.125. The zero-order valence-electron chi connectivity index (χ0n) is 10.6. The molecule has 0 fully saturated rings. The number of carboxylic acid groups (broad SMARTS) is 1. The lowest BCUT2D eigenvalue weighted by molar-refractivity contribution is -0.138. The maximum atomic E-state index is 12.8. The summed E-state index contributed by atoms with van der Waals surface area (Å²) in [5, 5.41) is 9.25. The first-order chi connectivity index (χ1) is 9.58. The van der Waals surface area contributed by atoms with Crippen molar-refractivity contribution in [2.45, 2.75) is 12.3 Å². The van der Waals surface area contributed by atoms with Crippen molar-refractivity contribution < 1.29 is 19.1 Å². The summed E-state index contributed by atoms with van der Waals surface area (Å²) < 4.78 is 12.8. The van der Waals surface area contributed by atoms with Crippen LogP contribution in [0, 0.1) is 5.82 Å². The molecular weight excluding hydrogens is 259 g/mol. The van der Waals surface area contributed by atoms with E-state index in [4.69, 9.17) is 0 Å². The highest BCUT2D eigenvalue weighted by atomic mass is 19.1. The molecule has 0 aliphatic rings. The second-order valence-corrected chi connectivity index (χ2v) is 4.44. The summed E-state index contributed by atoms with van der Waals surface area (Å²) in [4.78, 5) is 23.4. The molecule has 0 bridgehead atoms. The van der Waals surface area contributed by atoms with Crippen LogP contribution in [0.25, 0.3) is 0 Å². The molecule has 1 N–H and O–H groups in total. The van der Waals surface area contributed by atoms with E-state index in [1.807, 2.05) is 0 Å². The van der Waals surface area contributed by atoms with Crippen molar-refractivity contribution in [3.05, 3.63) is 71.5 Å². The summed E-state index contributed by atoms with van der Waals surface area (Å²) >= 11 is 0. The fourth-order valence-electron chi connectivity index (χ4n) is 1.97. The molecule has 0 amide bonds. The normalized spacial score (nSPS) is 11.8. The molecule has 1 unspecified atom stereocenters. The minimum atomic E-state index is -1.05. The molecule has 0 heterocycles. The first-order valence-corrected chi connectivity index (χ1v) is 6.14. The molecule has 0 aromatic heterocycles. The van der Waals surface area contributed by atoms with Gasteiger partial charge >= 0.3 is 5.97 Å². The molecular formula is C16H13FO3. The fourth-order valence-corrected chi connectivity index (χ4v) is 1.97. The Labute approximate surface area is 115 Å². The number of carbonyl (C=O) groups is 2. The van der Waals surface area contributed by atoms with E-state index >= 15 is 0 Å². The second-order valence-electron chi connectivity index (χ2n) is 4.44. The van der Waals surface area contributed by atoms with Crippen molar-refractivity contribution in [2.24, 2.45) is 0 Å². The number of rotatable bonds is 5. The van der Waals surface area contributed by atoms with E-state index in [1.165, 1.54) is 24.3 Å². The van der Waals surface area contributed by atoms with Crippen LogP contribution in [-0.4, -0.2) is 16.9 Å². The van der Waals surface area contributed by atoms with Crippen LogP contribution in [0.1, 0.15) is 28.3 Å². The molecule has 3 nitrogen and oxygen atoms in total. The second kappa shape index (κ2) is 6.10. The molecule has 1 atom stereocenters. The minimum absolute atomic E-state index is 0.148. The number of carboxylic acids is 1. The third-order valence-corrected chi connectivity index (χ3v) is 3.06. The Balaban J connectivity index is 2.19. The van der Waals surface area contributed by atoms with Crippen molar-refractivity contribution in [3.8, 4) is 0 Å². The Bertz CT molecular complexity index is 605. The first-order valence-electron chi connectivity index (χ1n) is 6.14. The average molecular weight is 272 g/mol. The molecule has 0 saturated heterocycles. The Kier molecular flexibility index (Phi) is 4.25. The molecule has 0 aliphatic carbocycles. The number of Topliss-reactive ketones (excluding diaryl/α,β-unsaturated/α-hetero) is 1. The maximum Gasteiger partial charge on any atom is 0.311 e. The van der Waals surface area contributed by atoms with Crippen LogP contribution >= 0.6 is 0 Å². The van der Waals surface area contributed by atoms with Crippen LogP contribution in [0.5, 0.6) is 0 Å². The van der Waals surface area contributed by atoms with E-state index in [1.54, 1.807) is 30.3 Å². The van der Waals surface area contributed by atoms with Crippen LogP contribution < -0.4 is 0 Å². The van der Waals surface area contributed by atoms with E-state index < -0.39 is 17.7 Å². The molecule has 0 saturated carbocycles. The number of carbonyl (C=O) groups excluding carboxylic acids is 1. The zero-order chi connectivity index (χ0) is 14.5. The van der Waals surface area contributed by atoms with Gasteiger partial charge in [-0.15, -0.1) is 0 Å². The number of benzene rings is 2. The maximum absolute atomic E-state index is 12.8. The van der Waals surface area contributed by atoms with Crippen molar-refractivity contribution >= 4 is 11.8 Å². The summed E-state index contributed by atoms with van der Waals surface area (Å²) in [6, 6.07) is 13.7. The summed E-state index contributed by atoms with van der Waals surface area (Å²) in [6.07, 6.45) is -0.148. The summed E-state index contributed by atoms with van der Waals surface area (Å²) in [6.45, 7) is 0. The van der Waals surface area contributed by atoms with Gasteiger partial charge in [-0.2, -0.15) is 0 Å². The Morgan fingerprint density at radius 1 is 1.00 bits per heavy atom. The molecule has 102 valence electrons. The van der Waals surface area contributed by atoms with E-state index in [0.29, 0.717) is 11.1 Å². The molecule has 2 aromatic rings. The lowest BCUT2D eigenvalue weighted by atomic mass is 9.92. The molecule has 0 spiro atoms. The van der Waals surface area contributed by atoms with Gasteiger partial charge in [-0.25, -0.2) is 4.39 Å². The monoisotopic (exact) mass is 272 g/mol. The molecule has 2 aromatic carbocycles. The highest BCUT2D eigenvalue weighted by molar-refractivity contribution is 5.99. The molecule has 0 radical (unpaired) electrons. The standard InChI is InChI=1S/C16H13FO3/c17-13-8-6-12(7-9-13)15(18)10-14(16(19)20)11-4-2-1-3-5-11/h1-9,14H,10H2,(H,19,20). The highest BCUT2D eigenvalue weighted by Gasteiger charge is 2.23. The average Bonchev–Trinajstić information content (AvgIpc) is 2.46. The Morgan fingerprint density at radius 2 is 1.60 bits per heavy atom. The largest absolute Gasteiger partial charge is 0.481 e. The lowest BCUT2D eigenvalue weighted by Crippen LogP contribution is -2.16. The number of halogens is 1. The quantitative estimate of drug-likeness (QED) is 0.850. The van der Waals surface area contributed by atoms with Gasteiger partial charge in [0.05, 0.1) is 5.92 Å². The van der Waals surface area contributed by atoms with Gasteiger partial charge in [0.25, 0.3) is 0 Å². The third-order valence-electron chi connectivity index (χ3n) is 3.06. The van der Waals surface area contributed by atoms with Gasteiger partial charge in [-0.1, -0.05) is 30.3 Å². The number of ketones is 1. The Hall–Kier alpha value is -2.49. The van der Waals surface area contributed by atoms with E-state index in [9.17, 15) is 19.1 Å². The van der Waals surface area contributed by atoms with Gasteiger partial charge < -0.3 is 5.11 Å². The molecule has 20 heavy (non-hydrogen) atoms. The van der Waals surface area contributed by atoms with Crippen LogP contribution in [0.3, 0.4) is 0 Å². The van der Waals surface area contributed by atoms with Crippen molar-refractivity contribution in [1.29, 1.82) is 0 Å². The predicted octanol–water partition coefficient (Wildman–Crippen LogP) is 3.27. The molecule has 0 aliphatic heterocycles. The van der Waals surface area contributed by atoms with Gasteiger partial charge in [0.15, 0.2) is 5.78 Å². The van der Waals surface area contributed by atoms with Crippen LogP contribution in [0.15, 0.2) is 54.6 Å². The SMILES string of the molecule is O=C(CC(C(=O)O)c1ccccc1)c1ccc(F)cc1. The summed E-state index contributed by atoms with van der Waals surface area (Å²) in [5.74, 6) is -2.69. The third kappa shape index (κ3) is 3.29. The van der Waals surface area contributed by atoms with Crippen LogP contribution in [-0.2, 0) is 4.79 Å². The van der Waals surface area contributed by atoms with E-state index in [0.717, 1.165) is 0 Å². The van der Waals surface area contributed by atoms with Gasteiger partial charge in [-0.3, -0.25) is 9.59 Å². The Morgan fingerprint density at radius 3 is 2.15 bits per heavy atom. The van der Waals surface area contributed by atoms with Crippen molar-refractivity contribution in [1.82, 2.24) is 0 Å². The van der Waals surface area contributed by atoms with Gasteiger partial charge in [0.2, 0.25) is 0 Å². The molecule has 4 heteroatoms. The number of aliphatic carboxylic acids is 1. The first kappa shape index (κ1) is 13.9. The van der Waals surface area contributed by atoms with Gasteiger partial charge in [0.1, 0.15) is 5.82 Å². The smallest absolute Gasteiger partial charge is 0.311 e. The van der Waals surface area contributed by atoms with Crippen molar-refractivity contribution in [2.75, 3.05) is 0 Å². The van der Waals surface area contributed by atoms with E-state index in [-0.39, 0.29) is 12.2 Å². The van der Waals surface area contributed by atoms with Crippen molar-refractivity contribution in [3.63, 3.8) is 0 Å². The summed E-state index contributed by atoms with van der Waals surface area (Å²) in [5.41, 5.74) is 0.893. The van der Waals surface area contributed by atoms with Crippen LogP contribution in [0.4, 0.5) is 4.39 Å². The van der Waals surface area contributed by atoms with Crippen LogP contribution in [0.2, 0.25) is 0 Å². The van der Waals surface area contributed by atoms with Gasteiger partial charge in [-0.05, 0) is 29.8 Å². The number of hydrogen-bond donors (Lipinski definition) is 1. The lowest BCUT2D eigenvalue weighted by Gasteiger charge is -2.11. The van der Waals surface area contributed by atoms with E-state index in [2.05, 4.69) is 0 Å². The predicted molar refractivity (Wildman–Crippen MR) is 72.2 cm³/mol. The highest BCUT2D eigenvalue weighted by Crippen LogP contribution is 2.22. The summed E-state index contributed by atoms with van der Waals surface area (Å²) in [7, 11) is 0. The number of hydrogen-bond acceptors (Lipinski definition) is 2.